The van der Waals surface area contributed by atoms with Crippen LogP contribution < -0.4 is 15.4 Å². The van der Waals surface area contributed by atoms with Crippen LogP contribution in [0.4, 0.5) is 0 Å². The zero-order valence-corrected chi connectivity index (χ0v) is 15.2. The Morgan fingerprint density at radius 1 is 1.00 bits per heavy atom. The third-order valence-corrected chi connectivity index (χ3v) is 4.10. The molecule has 3 unspecified atom stereocenters. The van der Waals surface area contributed by atoms with E-state index < -0.39 is 29.9 Å². The van der Waals surface area contributed by atoms with E-state index in [0.717, 1.165) is 0 Å². The Morgan fingerprint density at radius 2 is 1.56 bits per heavy atom. The van der Waals surface area contributed by atoms with Crippen LogP contribution in [0.25, 0.3) is 0 Å². The van der Waals surface area contributed by atoms with Crippen LogP contribution in [0.15, 0.2) is 24.3 Å². The lowest BCUT2D eigenvalue weighted by Crippen LogP contribution is -2.53. The molecule has 1 rings (SSSR count). The molecule has 2 amide bonds. The van der Waals surface area contributed by atoms with E-state index in [4.69, 9.17) is 9.84 Å². The summed E-state index contributed by atoms with van der Waals surface area (Å²) in [6, 6.07) is 5.23. The van der Waals surface area contributed by atoms with Gasteiger partial charge in [-0.05, 0) is 44.0 Å². The summed E-state index contributed by atoms with van der Waals surface area (Å²) in [6.07, 6.45) is 0. The van der Waals surface area contributed by atoms with Crippen molar-refractivity contribution in [3.05, 3.63) is 29.8 Å². The summed E-state index contributed by atoms with van der Waals surface area (Å²) in [7, 11) is 1.54. The van der Waals surface area contributed by atoms with Crippen molar-refractivity contribution in [1.29, 1.82) is 0 Å². The third-order valence-electron chi connectivity index (χ3n) is 4.10. The highest BCUT2D eigenvalue weighted by molar-refractivity contribution is 5.97. The second-order valence-corrected chi connectivity index (χ2v) is 6.35. The number of hydrogen-bond acceptors (Lipinski definition) is 4. The number of hydrogen-bond donors (Lipinski definition) is 3. The first-order valence-electron chi connectivity index (χ1n) is 8.15. The van der Waals surface area contributed by atoms with E-state index in [-0.39, 0.29) is 11.8 Å². The van der Waals surface area contributed by atoms with Gasteiger partial charge >= 0.3 is 5.97 Å². The molecule has 1 aromatic rings. The molecule has 0 aliphatic rings. The lowest BCUT2D eigenvalue weighted by atomic mass is 10.00. The van der Waals surface area contributed by atoms with Crippen LogP contribution >= 0.6 is 0 Å². The van der Waals surface area contributed by atoms with Gasteiger partial charge in [-0.25, -0.2) is 0 Å². The molecule has 0 aromatic heterocycles. The first-order valence-corrected chi connectivity index (χ1v) is 8.15. The number of aliphatic carboxylic acids is 1. The fourth-order valence-electron chi connectivity index (χ4n) is 2.15. The Bertz CT molecular complexity index is 612. The van der Waals surface area contributed by atoms with Crippen molar-refractivity contribution in [2.75, 3.05) is 7.11 Å². The molecule has 0 heterocycles. The zero-order chi connectivity index (χ0) is 19.1. The minimum absolute atomic E-state index is 0.158. The lowest BCUT2D eigenvalue weighted by Gasteiger charge is -2.25. The summed E-state index contributed by atoms with van der Waals surface area (Å²) in [6.45, 7) is 6.76. The fraction of sp³-hybridized carbons (Fsp3) is 0.500. The highest BCUT2D eigenvalue weighted by atomic mass is 16.5. The standard InChI is InChI=1S/C18H26N2O5/c1-10(2)15(17(22)19-12(4)11(3)18(23)24)20-16(21)13-6-8-14(25-5)9-7-13/h6-12,15H,1-5H3,(H,19,22)(H,20,21)(H,23,24). The highest BCUT2D eigenvalue weighted by Crippen LogP contribution is 2.12. The molecule has 0 saturated carbocycles. The van der Waals surface area contributed by atoms with Crippen LogP contribution in [0.2, 0.25) is 0 Å². The van der Waals surface area contributed by atoms with E-state index >= 15 is 0 Å². The van der Waals surface area contributed by atoms with Crippen LogP contribution in [0.3, 0.4) is 0 Å². The summed E-state index contributed by atoms with van der Waals surface area (Å²) in [5, 5.41) is 14.4. The SMILES string of the molecule is COc1ccc(C(=O)NC(C(=O)NC(C)C(C)C(=O)O)C(C)C)cc1. The summed E-state index contributed by atoms with van der Waals surface area (Å²) in [5.74, 6) is -2.03. The first-order chi connectivity index (χ1) is 11.7. The van der Waals surface area contributed by atoms with E-state index in [1.54, 1.807) is 31.2 Å². The molecule has 1 aromatic carbocycles. The Kier molecular flexibility index (Phi) is 7.42. The molecule has 0 aliphatic heterocycles. The maximum atomic E-state index is 12.5. The van der Waals surface area contributed by atoms with Crippen molar-refractivity contribution in [1.82, 2.24) is 10.6 Å². The molecule has 138 valence electrons. The van der Waals surface area contributed by atoms with Gasteiger partial charge in [0.05, 0.1) is 13.0 Å². The number of carboxylic acids is 1. The van der Waals surface area contributed by atoms with Crippen molar-refractivity contribution < 1.29 is 24.2 Å². The smallest absolute Gasteiger partial charge is 0.308 e. The summed E-state index contributed by atoms with van der Waals surface area (Å²) in [5.41, 5.74) is 0.409. The number of amides is 2. The Hall–Kier alpha value is -2.57. The molecule has 0 aliphatic carbocycles. The van der Waals surface area contributed by atoms with Crippen molar-refractivity contribution in [3.63, 3.8) is 0 Å². The molecule has 3 N–H and O–H groups in total. The minimum Gasteiger partial charge on any atom is -0.497 e. The molecule has 0 radical (unpaired) electrons. The second kappa shape index (κ2) is 9.05. The van der Waals surface area contributed by atoms with Gasteiger partial charge in [0.25, 0.3) is 5.91 Å². The van der Waals surface area contributed by atoms with Gasteiger partial charge in [-0.3, -0.25) is 14.4 Å². The van der Waals surface area contributed by atoms with Crippen LogP contribution in [-0.4, -0.2) is 42.1 Å². The van der Waals surface area contributed by atoms with Gasteiger partial charge in [0, 0.05) is 11.6 Å². The van der Waals surface area contributed by atoms with Crippen LogP contribution in [0.1, 0.15) is 38.1 Å². The van der Waals surface area contributed by atoms with Gasteiger partial charge in [0.2, 0.25) is 5.91 Å². The largest absolute Gasteiger partial charge is 0.497 e. The quantitative estimate of drug-likeness (QED) is 0.661. The predicted molar refractivity (Wildman–Crippen MR) is 93.5 cm³/mol. The molecule has 7 heteroatoms. The van der Waals surface area contributed by atoms with Crippen LogP contribution in [0.5, 0.6) is 5.75 Å². The van der Waals surface area contributed by atoms with Crippen molar-refractivity contribution >= 4 is 17.8 Å². The number of benzene rings is 1. The number of rotatable bonds is 8. The molecule has 0 saturated heterocycles. The first kappa shape index (κ1) is 20.5. The van der Waals surface area contributed by atoms with E-state index in [2.05, 4.69) is 10.6 Å². The Labute approximate surface area is 147 Å². The molecule has 0 bridgehead atoms. The monoisotopic (exact) mass is 350 g/mol. The number of methoxy groups -OCH3 is 1. The summed E-state index contributed by atoms with van der Waals surface area (Å²) in [4.78, 5) is 35.8. The number of carbonyl (C=O) groups excluding carboxylic acids is 2. The van der Waals surface area contributed by atoms with Gasteiger partial charge in [0.15, 0.2) is 0 Å². The molecule has 3 atom stereocenters. The van der Waals surface area contributed by atoms with Gasteiger partial charge < -0.3 is 20.5 Å². The number of nitrogens with one attached hydrogen (secondary N) is 2. The minimum atomic E-state index is -0.990. The van der Waals surface area contributed by atoms with Crippen molar-refractivity contribution in [2.45, 2.75) is 39.8 Å². The molecule has 25 heavy (non-hydrogen) atoms. The lowest BCUT2D eigenvalue weighted by molar-refractivity contribution is -0.142. The maximum absolute atomic E-state index is 12.5. The third kappa shape index (κ3) is 5.77. The Balaban J connectivity index is 2.80. The second-order valence-electron chi connectivity index (χ2n) is 6.35. The molecular formula is C18H26N2O5. The zero-order valence-electron chi connectivity index (χ0n) is 15.2. The van der Waals surface area contributed by atoms with Crippen LogP contribution in [-0.2, 0) is 9.59 Å². The van der Waals surface area contributed by atoms with E-state index in [1.807, 2.05) is 13.8 Å². The molecule has 0 fully saturated rings. The highest BCUT2D eigenvalue weighted by Gasteiger charge is 2.28. The number of ether oxygens (including phenoxy) is 1. The number of carboxylic acid groups (broad SMARTS) is 1. The number of carbonyl (C=O) groups is 3. The van der Waals surface area contributed by atoms with Crippen LogP contribution in [0, 0.1) is 11.8 Å². The van der Waals surface area contributed by atoms with Gasteiger partial charge in [-0.2, -0.15) is 0 Å². The maximum Gasteiger partial charge on any atom is 0.308 e. The topological polar surface area (TPSA) is 105 Å². The fourth-order valence-corrected chi connectivity index (χ4v) is 2.15. The van der Waals surface area contributed by atoms with E-state index in [9.17, 15) is 14.4 Å². The van der Waals surface area contributed by atoms with Crippen molar-refractivity contribution in [2.24, 2.45) is 11.8 Å². The van der Waals surface area contributed by atoms with E-state index in [1.165, 1.54) is 14.0 Å². The predicted octanol–water partition coefficient (Wildman–Crippen LogP) is 1.67. The molecule has 7 nitrogen and oxygen atoms in total. The van der Waals surface area contributed by atoms with Gasteiger partial charge in [-0.15, -0.1) is 0 Å². The Morgan fingerprint density at radius 3 is 2.00 bits per heavy atom. The van der Waals surface area contributed by atoms with Crippen molar-refractivity contribution in [3.8, 4) is 5.75 Å². The average Bonchev–Trinajstić information content (AvgIpc) is 2.58. The van der Waals surface area contributed by atoms with Gasteiger partial charge in [0.1, 0.15) is 11.8 Å². The summed E-state index contributed by atoms with van der Waals surface area (Å²) >= 11 is 0. The molecular weight excluding hydrogens is 324 g/mol. The molecule has 0 spiro atoms. The average molecular weight is 350 g/mol. The normalized spacial score (nSPS) is 14.3. The van der Waals surface area contributed by atoms with E-state index in [0.29, 0.717) is 11.3 Å². The summed E-state index contributed by atoms with van der Waals surface area (Å²) < 4.78 is 5.05. The van der Waals surface area contributed by atoms with Gasteiger partial charge in [-0.1, -0.05) is 13.8 Å².